The molecule has 2 aromatic rings. The van der Waals surface area contributed by atoms with Gasteiger partial charge in [-0.3, -0.25) is 9.59 Å². The van der Waals surface area contributed by atoms with Crippen LogP contribution in [0, 0.1) is 0 Å². The summed E-state index contributed by atoms with van der Waals surface area (Å²) in [5, 5.41) is 3.17. The summed E-state index contributed by atoms with van der Waals surface area (Å²) in [7, 11) is 1.57. The third kappa shape index (κ3) is 4.06. The second kappa shape index (κ2) is 7.36. The Labute approximate surface area is 145 Å². The Kier molecular flexibility index (Phi) is 5.46. The van der Waals surface area contributed by atoms with E-state index in [1.807, 2.05) is 0 Å². The Morgan fingerprint density at radius 3 is 2.42 bits per heavy atom. The lowest BCUT2D eigenvalue weighted by Gasteiger charge is -2.28. The summed E-state index contributed by atoms with van der Waals surface area (Å²) in [5.74, 6) is -0.269. The van der Waals surface area contributed by atoms with Crippen molar-refractivity contribution in [2.75, 3.05) is 7.11 Å². The van der Waals surface area contributed by atoms with Crippen molar-refractivity contribution in [3.8, 4) is 5.75 Å². The highest BCUT2D eigenvalue weighted by molar-refractivity contribution is 6.30. The van der Waals surface area contributed by atoms with Crippen molar-refractivity contribution in [3.63, 3.8) is 0 Å². The number of carbonyl (C=O) groups excluding carboxylic acids is 2. The van der Waals surface area contributed by atoms with Gasteiger partial charge in [-0.2, -0.15) is 0 Å². The second-order valence-electron chi connectivity index (χ2n) is 5.57. The van der Waals surface area contributed by atoms with Crippen molar-refractivity contribution < 1.29 is 14.3 Å². The van der Waals surface area contributed by atoms with Crippen LogP contribution in [0.15, 0.2) is 48.5 Å². The van der Waals surface area contributed by atoms with Gasteiger partial charge in [-0.15, -0.1) is 0 Å². The molecule has 1 unspecified atom stereocenters. The van der Waals surface area contributed by atoms with E-state index in [9.17, 15) is 9.59 Å². The largest absolute Gasteiger partial charge is 0.497 e. The quantitative estimate of drug-likeness (QED) is 0.842. The molecule has 5 nitrogen and oxygen atoms in total. The number of benzene rings is 2. The molecule has 0 aliphatic heterocycles. The van der Waals surface area contributed by atoms with Crippen LogP contribution >= 0.6 is 11.6 Å². The zero-order valence-corrected chi connectivity index (χ0v) is 14.3. The highest BCUT2D eigenvalue weighted by Crippen LogP contribution is 2.24. The van der Waals surface area contributed by atoms with Crippen molar-refractivity contribution in [3.05, 3.63) is 64.7 Å². The van der Waals surface area contributed by atoms with Crippen LogP contribution in [0.4, 0.5) is 0 Å². The fraction of sp³-hybridized carbons (Fsp3) is 0.222. The molecule has 0 aliphatic carbocycles. The average molecular weight is 347 g/mol. The van der Waals surface area contributed by atoms with Gasteiger partial charge in [0.25, 0.3) is 0 Å². The molecule has 0 spiro atoms. The molecule has 0 aromatic heterocycles. The van der Waals surface area contributed by atoms with E-state index in [0.29, 0.717) is 16.3 Å². The van der Waals surface area contributed by atoms with Gasteiger partial charge in [0, 0.05) is 5.02 Å². The molecule has 0 aliphatic rings. The summed E-state index contributed by atoms with van der Waals surface area (Å²) in [5.41, 5.74) is 5.51. The van der Waals surface area contributed by atoms with Gasteiger partial charge >= 0.3 is 0 Å². The number of halogens is 1. The van der Waals surface area contributed by atoms with E-state index in [1.165, 1.54) is 0 Å². The fourth-order valence-corrected chi connectivity index (χ4v) is 2.52. The van der Waals surface area contributed by atoms with Crippen molar-refractivity contribution in [2.45, 2.75) is 18.9 Å². The number of hydrogen-bond acceptors (Lipinski definition) is 3. The van der Waals surface area contributed by atoms with Crippen molar-refractivity contribution in [1.29, 1.82) is 0 Å². The molecular formula is C18H19ClN2O3. The molecule has 0 heterocycles. The number of ether oxygens (including phenoxy) is 1. The summed E-state index contributed by atoms with van der Waals surface area (Å²) >= 11 is 5.97. The number of methoxy groups -OCH3 is 1. The first-order valence-corrected chi connectivity index (χ1v) is 7.73. The maximum atomic E-state index is 12.4. The number of primary amides is 1. The molecule has 1 atom stereocenters. The van der Waals surface area contributed by atoms with Gasteiger partial charge in [0.1, 0.15) is 11.3 Å². The molecular weight excluding hydrogens is 328 g/mol. The number of hydrogen-bond donors (Lipinski definition) is 2. The van der Waals surface area contributed by atoms with Crippen LogP contribution in [0.3, 0.4) is 0 Å². The molecule has 0 bridgehead atoms. The summed E-state index contributed by atoms with van der Waals surface area (Å²) in [6, 6.07) is 13.8. The molecule has 3 N–H and O–H groups in total. The molecule has 0 saturated heterocycles. The molecule has 0 radical (unpaired) electrons. The van der Waals surface area contributed by atoms with Gasteiger partial charge < -0.3 is 15.8 Å². The second-order valence-corrected chi connectivity index (χ2v) is 6.01. The highest BCUT2D eigenvalue weighted by Gasteiger charge is 2.35. The Hall–Kier alpha value is -2.53. The molecule has 2 aromatic carbocycles. The standard InChI is InChI=1S/C18H19ClN2O3/c1-18(17(20)23,13-4-3-5-14(19)11-13)21-16(22)10-12-6-8-15(24-2)9-7-12/h3-9,11H,10H2,1-2H3,(H2,20,23)(H,21,22). The normalized spacial score (nSPS) is 13.0. The molecule has 0 saturated carbocycles. The zero-order valence-electron chi connectivity index (χ0n) is 13.5. The minimum atomic E-state index is -1.34. The van der Waals surface area contributed by atoms with E-state index in [-0.39, 0.29) is 12.3 Å². The third-order valence-corrected chi connectivity index (χ3v) is 4.04. The van der Waals surface area contributed by atoms with Gasteiger partial charge in [0.15, 0.2) is 0 Å². The molecule has 126 valence electrons. The summed E-state index contributed by atoms with van der Waals surface area (Å²) in [4.78, 5) is 24.3. The van der Waals surface area contributed by atoms with E-state index < -0.39 is 11.4 Å². The van der Waals surface area contributed by atoms with Crippen LogP contribution in [0.25, 0.3) is 0 Å². The molecule has 2 rings (SSSR count). The van der Waals surface area contributed by atoms with Gasteiger partial charge in [0.05, 0.1) is 13.5 Å². The van der Waals surface area contributed by atoms with Gasteiger partial charge in [-0.05, 0) is 42.3 Å². The smallest absolute Gasteiger partial charge is 0.247 e. The van der Waals surface area contributed by atoms with Crippen LogP contribution in [-0.4, -0.2) is 18.9 Å². The fourth-order valence-electron chi connectivity index (χ4n) is 2.33. The Morgan fingerprint density at radius 2 is 1.88 bits per heavy atom. The van der Waals surface area contributed by atoms with E-state index in [2.05, 4.69) is 5.32 Å². The van der Waals surface area contributed by atoms with Gasteiger partial charge in [-0.25, -0.2) is 0 Å². The van der Waals surface area contributed by atoms with E-state index in [1.54, 1.807) is 62.6 Å². The Morgan fingerprint density at radius 1 is 1.21 bits per heavy atom. The van der Waals surface area contributed by atoms with Crippen molar-refractivity contribution >= 4 is 23.4 Å². The average Bonchev–Trinajstić information content (AvgIpc) is 2.55. The first-order valence-electron chi connectivity index (χ1n) is 7.35. The molecule has 24 heavy (non-hydrogen) atoms. The number of rotatable bonds is 6. The predicted molar refractivity (Wildman–Crippen MR) is 92.8 cm³/mol. The van der Waals surface area contributed by atoms with Crippen LogP contribution in [0.5, 0.6) is 5.75 Å². The van der Waals surface area contributed by atoms with Gasteiger partial charge in [-0.1, -0.05) is 35.9 Å². The SMILES string of the molecule is COc1ccc(CC(=O)NC(C)(C(N)=O)c2cccc(Cl)c2)cc1. The lowest BCUT2D eigenvalue weighted by molar-refractivity contribution is -0.131. The third-order valence-electron chi connectivity index (χ3n) is 3.81. The Bertz CT molecular complexity index is 746. The van der Waals surface area contributed by atoms with Crippen LogP contribution in [0.2, 0.25) is 5.02 Å². The molecule has 6 heteroatoms. The number of nitrogens with one attached hydrogen (secondary N) is 1. The van der Waals surface area contributed by atoms with E-state index >= 15 is 0 Å². The monoisotopic (exact) mass is 346 g/mol. The van der Waals surface area contributed by atoms with E-state index in [0.717, 1.165) is 5.56 Å². The minimum absolute atomic E-state index is 0.118. The molecule has 0 fully saturated rings. The first-order chi connectivity index (χ1) is 11.3. The zero-order chi connectivity index (χ0) is 17.7. The maximum Gasteiger partial charge on any atom is 0.247 e. The van der Waals surface area contributed by atoms with Gasteiger partial charge in [0.2, 0.25) is 11.8 Å². The summed E-state index contributed by atoms with van der Waals surface area (Å²) in [6.07, 6.45) is 0.118. The van der Waals surface area contributed by atoms with Crippen molar-refractivity contribution in [1.82, 2.24) is 5.32 Å². The number of nitrogens with two attached hydrogens (primary N) is 1. The first kappa shape index (κ1) is 17.8. The minimum Gasteiger partial charge on any atom is -0.497 e. The van der Waals surface area contributed by atoms with Crippen LogP contribution in [-0.2, 0) is 21.5 Å². The molecule has 2 amide bonds. The maximum absolute atomic E-state index is 12.4. The van der Waals surface area contributed by atoms with Crippen LogP contribution < -0.4 is 15.8 Å². The van der Waals surface area contributed by atoms with E-state index in [4.69, 9.17) is 22.1 Å². The number of amides is 2. The predicted octanol–water partition coefficient (Wildman–Crippen LogP) is 2.41. The van der Waals surface area contributed by atoms with Crippen molar-refractivity contribution in [2.24, 2.45) is 5.73 Å². The highest BCUT2D eigenvalue weighted by atomic mass is 35.5. The summed E-state index contributed by atoms with van der Waals surface area (Å²) in [6.45, 7) is 1.56. The number of carbonyl (C=O) groups is 2. The lowest BCUT2D eigenvalue weighted by Crippen LogP contribution is -2.53. The Balaban J connectivity index is 2.17. The topological polar surface area (TPSA) is 81.4 Å². The van der Waals surface area contributed by atoms with Crippen LogP contribution in [0.1, 0.15) is 18.1 Å². The summed E-state index contributed by atoms with van der Waals surface area (Å²) < 4.78 is 5.08. The lowest BCUT2D eigenvalue weighted by atomic mass is 9.91.